The zero-order valence-electron chi connectivity index (χ0n) is 8.04. The second-order valence-corrected chi connectivity index (χ2v) is 3.16. The Bertz CT molecular complexity index is 428. The fraction of sp³-hybridized carbons (Fsp3) is 0.300. The summed E-state index contributed by atoms with van der Waals surface area (Å²) in [7, 11) is 0. The van der Waals surface area contributed by atoms with Crippen LogP contribution in [0.4, 0.5) is 4.39 Å². The van der Waals surface area contributed by atoms with E-state index in [9.17, 15) is 14.3 Å². The number of fused-ring (bicyclic) bond motifs is 1. The summed E-state index contributed by atoms with van der Waals surface area (Å²) >= 11 is 0. The van der Waals surface area contributed by atoms with Gasteiger partial charge in [-0.25, -0.2) is 4.39 Å². The molecule has 0 unspecified atom stereocenters. The molecular formula is C10H9FO4. The predicted molar refractivity (Wildman–Crippen MR) is 49.1 cm³/mol. The van der Waals surface area contributed by atoms with Gasteiger partial charge in [0, 0.05) is 6.07 Å². The number of ether oxygens (including phenoxy) is 2. The summed E-state index contributed by atoms with van der Waals surface area (Å²) < 4.78 is 23.5. The Kier molecular flexibility index (Phi) is 2.22. The summed E-state index contributed by atoms with van der Waals surface area (Å²) in [6.07, 6.45) is 0. The van der Waals surface area contributed by atoms with E-state index in [1.165, 1.54) is 6.92 Å². The van der Waals surface area contributed by atoms with Crippen molar-refractivity contribution in [2.75, 3.05) is 13.2 Å². The standard InChI is InChI=1S/C10H9FO4/c1-5(12)8-9(13)6(11)4-7-10(8)15-3-2-14-7/h4,13H,2-3H2,1H3. The number of carbonyl (C=O) groups excluding carboxylic acids is 1. The summed E-state index contributed by atoms with van der Waals surface area (Å²) in [5, 5.41) is 9.39. The molecule has 1 aliphatic rings. The summed E-state index contributed by atoms with van der Waals surface area (Å²) in [6, 6.07) is 1.01. The Balaban J connectivity index is 2.68. The molecule has 1 aliphatic heterocycles. The minimum absolute atomic E-state index is 0.118. The molecule has 1 aromatic carbocycles. The Morgan fingerprint density at radius 3 is 2.80 bits per heavy atom. The average molecular weight is 212 g/mol. The highest BCUT2D eigenvalue weighted by molar-refractivity contribution is 6.00. The van der Waals surface area contributed by atoms with Crippen LogP contribution in [0.3, 0.4) is 0 Å². The van der Waals surface area contributed by atoms with Crippen molar-refractivity contribution in [2.24, 2.45) is 0 Å². The maximum absolute atomic E-state index is 13.2. The maximum atomic E-state index is 13.2. The lowest BCUT2D eigenvalue weighted by molar-refractivity contribution is 0.0997. The smallest absolute Gasteiger partial charge is 0.176 e. The molecule has 5 heteroatoms. The molecule has 1 aromatic rings. The fourth-order valence-electron chi connectivity index (χ4n) is 1.47. The maximum Gasteiger partial charge on any atom is 0.176 e. The van der Waals surface area contributed by atoms with Crippen molar-refractivity contribution in [3.8, 4) is 17.2 Å². The molecule has 0 spiro atoms. The van der Waals surface area contributed by atoms with Gasteiger partial charge in [-0.2, -0.15) is 0 Å². The third-order valence-corrected chi connectivity index (χ3v) is 2.11. The van der Waals surface area contributed by atoms with E-state index >= 15 is 0 Å². The first-order valence-electron chi connectivity index (χ1n) is 4.43. The highest BCUT2D eigenvalue weighted by Crippen LogP contribution is 2.40. The summed E-state index contributed by atoms with van der Waals surface area (Å²) in [6.45, 7) is 1.81. The van der Waals surface area contributed by atoms with E-state index in [0.717, 1.165) is 6.07 Å². The van der Waals surface area contributed by atoms with E-state index in [-0.39, 0.29) is 23.7 Å². The van der Waals surface area contributed by atoms with Gasteiger partial charge in [0.25, 0.3) is 0 Å². The van der Waals surface area contributed by atoms with E-state index in [4.69, 9.17) is 9.47 Å². The molecule has 15 heavy (non-hydrogen) atoms. The molecule has 0 fully saturated rings. The Morgan fingerprint density at radius 2 is 2.13 bits per heavy atom. The number of Topliss-reactive ketones (excluding diaryl/α,β-unsaturated/α-hetero) is 1. The van der Waals surface area contributed by atoms with Crippen LogP contribution in [0.2, 0.25) is 0 Å². The number of hydrogen-bond acceptors (Lipinski definition) is 4. The molecule has 1 N–H and O–H groups in total. The number of carbonyl (C=O) groups is 1. The first kappa shape index (κ1) is 9.76. The minimum Gasteiger partial charge on any atom is -0.504 e. The Morgan fingerprint density at radius 1 is 1.47 bits per heavy atom. The molecule has 0 atom stereocenters. The Hall–Kier alpha value is -1.78. The predicted octanol–water partition coefficient (Wildman–Crippen LogP) is 1.51. The van der Waals surface area contributed by atoms with Gasteiger partial charge in [-0.15, -0.1) is 0 Å². The first-order chi connectivity index (χ1) is 7.11. The molecule has 0 aromatic heterocycles. The van der Waals surface area contributed by atoms with Crippen molar-refractivity contribution < 1.29 is 23.8 Å². The molecule has 0 amide bonds. The number of phenols is 1. The number of benzene rings is 1. The molecule has 2 rings (SSSR count). The van der Waals surface area contributed by atoms with E-state index in [2.05, 4.69) is 0 Å². The largest absolute Gasteiger partial charge is 0.504 e. The van der Waals surface area contributed by atoms with E-state index in [1.807, 2.05) is 0 Å². The second kappa shape index (κ2) is 3.42. The van der Waals surface area contributed by atoms with Crippen molar-refractivity contribution >= 4 is 5.78 Å². The number of aromatic hydroxyl groups is 1. The second-order valence-electron chi connectivity index (χ2n) is 3.16. The lowest BCUT2D eigenvalue weighted by Gasteiger charge is -2.21. The third kappa shape index (κ3) is 1.49. The molecule has 0 radical (unpaired) electrons. The lowest BCUT2D eigenvalue weighted by atomic mass is 10.1. The van der Waals surface area contributed by atoms with Crippen LogP contribution >= 0.6 is 0 Å². The number of ketones is 1. The lowest BCUT2D eigenvalue weighted by Crippen LogP contribution is -2.18. The van der Waals surface area contributed by atoms with Crippen LogP contribution in [-0.2, 0) is 0 Å². The molecule has 0 aliphatic carbocycles. The van der Waals surface area contributed by atoms with Gasteiger partial charge in [-0.1, -0.05) is 0 Å². The van der Waals surface area contributed by atoms with Gasteiger partial charge in [0.1, 0.15) is 18.8 Å². The highest BCUT2D eigenvalue weighted by Gasteiger charge is 2.25. The van der Waals surface area contributed by atoms with Gasteiger partial charge >= 0.3 is 0 Å². The zero-order valence-corrected chi connectivity index (χ0v) is 8.04. The molecule has 0 saturated carbocycles. The number of halogens is 1. The molecular weight excluding hydrogens is 203 g/mol. The van der Waals surface area contributed by atoms with Crippen molar-refractivity contribution in [1.29, 1.82) is 0 Å². The first-order valence-corrected chi connectivity index (χ1v) is 4.43. The monoisotopic (exact) mass is 212 g/mol. The van der Waals surface area contributed by atoms with Crippen molar-refractivity contribution in [2.45, 2.75) is 6.92 Å². The SMILES string of the molecule is CC(=O)c1c(O)c(F)cc2c1OCCO2. The van der Waals surface area contributed by atoms with Gasteiger partial charge in [-0.3, -0.25) is 4.79 Å². The summed E-state index contributed by atoms with van der Waals surface area (Å²) in [4.78, 5) is 11.2. The topological polar surface area (TPSA) is 55.8 Å². The molecule has 4 nitrogen and oxygen atoms in total. The van der Waals surface area contributed by atoms with Crippen molar-refractivity contribution in [1.82, 2.24) is 0 Å². The summed E-state index contributed by atoms with van der Waals surface area (Å²) in [5.41, 5.74) is -0.162. The Labute approximate surface area is 85.2 Å². The molecule has 0 saturated heterocycles. The van der Waals surface area contributed by atoms with Crippen LogP contribution in [0.1, 0.15) is 17.3 Å². The molecule has 1 heterocycles. The van der Waals surface area contributed by atoms with Gasteiger partial charge in [-0.05, 0) is 6.92 Å². The fourth-order valence-corrected chi connectivity index (χ4v) is 1.47. The number of hydrogen-bond donors (Lipinski definition) is 1. The molecule has 0 bridgehead atoms. The van der Waals surface area contributed by atoms with Gasteiger partial charge < -0.3 is 14.6 Å². The van der Waals surface area contributed by atoms with Crippen LogP contribution in [0.25, 0.3) is 0 Å². The number of rotatable bonds is 1. The highest BCUT2D eigenvalue weighted by atomic mass is 19.1. The van der Waals surface area contributed by atoms with Crippen LogP contribution < -0.4 is 9.47 Å². The van der Waals surface area contributed by atoms with Gasteiger partial charge in [0.15, 0.2) is 28.8 Å². The van der Waals surface area contributed by atoms with E-state index < -0.39 is 17.3 Å². The minimum atomic E-state index is -0.885. The van der Waals surface area contributed by atoms with Crippen LogP contribution in [-0.4, -0.2) is 24.1 Å². The zero-order chi connectivity index (χ0) is 11.0. The molecule has 80 valence electrons. The van der Waals surface area contributed by atoms with Crippen molar-refractivity contribution in [3.63, 3.8) is 0 Å². The van der Waals surface area contributed by atoms with Crippen molar-refractivity contribution in [3.05, 3.63) is 17.4 Å². The van der Waals surface area contributed by atoms with Gasteiger partial charge in [0.2, 0.25) is 0 Å². The summed E-state index contributed by atoms with van der Waals surface area (Å²) in [5.74, 6) is -1.76. The quantitative estimate of drug-likeness (QED) is 0.717. The van der Waals surface area contributed by atoms with E-state index in [1.54, 1.807) is 0 Å². The van der Waals surface area contributed by atoms with Crippen LogP contribution in [0.5, 0.6) is 17.2 Å². The third-order valence-electron chi connectivity index (χ3n) is 2.11. The van der Waals surface area contributed by atoms with Gasteiger partial charge in [0.05, 0.1) is 0 Å². The number of phenolic OH excluding ortho intramolecular Hbond substituents is 1. The van der Waals surface area contributed by atoms with Crippen LogP contribution in [0, 0.1) is 5.82 Å². The van der Waals surface area contributed by atoms with Crippen LogP contribution in [0.15, 0.2) is 6.07 Å². The van der Waals surface area contributed by atoms with E-state index in [0.29, 0.717) is 6.61 Å². The normalized spacial score (nSPS) is 13.7. The average Bonchev–Trinajstić information content (AvgIpc) is 2.19.